The van der Waals surface area contributed by atoms with Gasteiger partial charge in [0.25, 0.3) is 0 Å². The molecule has 0 amide bonds. The first-order valence-corrected chi connectivity index (χ1v) is 9.16. The molecule has 1 aromatic carbocycles. The number of carbonyl (C=O) groups excluding carboxylic acids is 1. The lowest BCUT2D eigenvalue weighted by Gasteiger charge is -2.06. The van der Waals surface area contributed by atoms with Crippen LogP contribution in [0.3, 0.4) is 0 Å². The molecule has 25 heavy (non-hydrogen) atoms. The van der Waals surface area contributed by atoms with E-state index < -0.39 is 0 Å². The van der Waals surface area contributed by atoms with Crippen LogP contribution in [-0.4, -0.2) is 17.4 Å². The van der Waals surface area contributed by atoms with Crippen LogP contribution in [0.4, 0.5) is 0 Å². The van der Waals surface area contributed by atoms with Gasteiger partial charge in [-0.05, 0) is 42.3 Å². The van der Waals surface area contributed by atoms with E-state index in [2.05, 4.69) is 11.9 Å². The Morgan fingerprint density at radius 1 is 1.00 bits per heavy atom. The highest BCUT2D eigenvalue weighted by molar-refractivity contribution is 6.05. The molecule has 3 heteroatoms. The number of hydrogen-bond acceptors (Lipinski definition) is 3. The minimum Gasteiger partial charge on any atom is -0.494 e. The highest BCUT2D eigenvalue weighted by atomic mass is 16.5. The highest BCUT2D eigenvalue weighted by Gasteiger charge is 2.01. The van der Waals surface area contributed by atoms with E-state index in [-0.39, 0.29) is 5.78 Å². The van der Waals surface area contributed by atoms with Crippen molar-refractivity contribution in [2.45, 2.75) is 45.4 Å². The molecule has 1 aromatic heterocycles. The van der Waals surface area contributed by atoms with Gasteiger partial charge >= 0.3 is 0 Å². The zero-order valence-electron chi connectivity index (χ0n) is 15.0. The second-order valence-electron chi connectivity index (χ2n) is 6.10. The number of aromatic nitrogens is 1. The van der Waals surface area contributed by atoms with Crippen molar-refractivity contribution >= 4 is 11.9 Å². The van der Waals surface area contributed by atoms with Crippen molar-refractivity contribution < 1.29 is 9.53 Å². The zero-order valence-corrected chi connectivity index (χ0v) is 15.0. The first kappa shape index (κ1) is 18.9. The normalized spacial score (nSPS) is 10.9. The third-order valence-corrected chi connectivity index (χ3v) is 3.99. The van der Waals surface area contributed by atoms with E-state index in [1.807, 2.05) is 30.3 Å². The molecule has 0 bridgehead atoms. The second kappa shape index (κ2) is 11.2. The first-order chi connectivity index (χ1) is 12.3. The number of pyridine rings is 1. The van der Waals surface area contributed by atoms with Crippen LogP contribution < -0.4 is 4.74 Å². The molecule has 0 aliphatic carbocycles. The van der Waals surface area contributed by atoms with E-state index in [1.54, 1.807) is 30.5 Å². The average molecular weight is 337 g/mol. The molecule has 1 heterocycles. The fourth-order valence-corrected chi connectivity index (χ4v) is 2.51. The fraction of sp³-hybridized carbons (Fsp3) is 0.364. The number of ketones is 1. The quantitative estimate of drug-likeness (QED) is 0.299. The summed E-state index contributed by atoms with van der Waals surface area (Å²) in [6.07, 6.45) is 12.5. The van der Waals surface area contributed by atoms with Crippen LogP contribution >= 0.6 is 0 Å². The van der Waals surface area contributed by atoms with Crippen molar-refractivity contribution in [1.82, 2.24) is 4.98 Å². The Bertz CT molecular complexity index is 647. The van der Waals surface area contributed by atoms with Crippen molar-refractivity contribution in [3.05, 3.63) is 66.0 Å². The van der Waals surface area contributed by atoms with E-state index >= 15 is 0 Å². The molecule has 0 aliphatic heterocycles. The third-order valence-electron chi connectivity index (χ3n) is 3.99. The predicted octanol–water partition coefficient (Wildman–Crippen LogP) is 5.72. The van der Waals surface area contributed by atoms with Crippen molar-refractivity contribution in [2.24, 2.45) is 0 Å². The van der Waals surface area contributed by atoms with Gasteiger partial charge in [-0.3, -0.25) is 9.78 Å². The van der Waals surface area contributed by atoms with Crippen molar-refractivity contribution in [2.75, 3.05) is 6.61 Å². The monoisotopic (exact) mass is 337 g/mol. The largest absolute Gasteiger partial charge is 0.494 e. The highest BCUT2D eigenvalue weighted by Crippen LogP contribution is 2.14. The van der Waals surface area contributed by atoms with Crippen molar-refractivity contribution in [1.29, 1.82) is 0 Å². The van der Waals surface area contributed by atoms with Crippen LogP contribution in [0.5, 0.6) is 5.75 Å². The van der Waals surface area contributed by atoms with Gasteiger partial charge in [-0.15, -0.1) is 0 Å². The Morgan fingerprint density at radius 2 is 1.76 bits per heavy atom. The SMILES string of the molecule is CCCCCCCCOc1ccc(/C=C/C(=O)c2ccccn2)cc1. The van der Waals surface area contributed by atoms with Crippen molar-refractivity contribution in [3.8, 4) is 5.75 Å². The maximum absolute atomic E-state index is 12.0. The summed E-state index contributed by atoms with van der Waals surface area (Å²) >= 11 is 0. The van der Waals surface area contributed by atoms with E-state index in [4.69, 9.17) is 4.74 Å². The molecule has 0 saturated heterocycles. The Balaban J connectivity index is 1.72. The summed E-state index contributed by atoms with van der Waals surface area (Å²) in [7, 11) is 0. The number of nitrogens with zero attached hydrogens (tertiary/aromatic N) is 1. The van der Waals surface area contributed by atoms with Gasteiger partial charge in [-0.2, -0.15) is 0 Å². The molecule has 0 saturated carbocycles. The van der Waals surface area contributed by atoms with Crippen LogP contribution in [0.2, 0.25) is 0 Å². The number of benzene rings is 1. The molecule has 0 unspecified atom stereocenters. The van der Waals surface area contributed by atoms with Gasteiger partial charge in [0.2, 0.25) is 5.78 Å². The van der Waals surface area contributed by atoms with Crippen LogP contribution in [0, 0.1) is 0 Å². The van der Waals surface area contributed by atoms with E-state index in [9.17, 15) is 4.79 Å². The van der Waals surface area contributed by atoms with Gasteiger partial charge in [-0.1, -0.05) is 63.3 Å². The summed E-state index contributed by atoms with van der Waals surface area (Å²) in [5, 5.41) is 0. The first-order valence-electron chi connectivity index (χ1n) is 9.16. The van der Waals surface area contributed by atoms with Gasteiger partial charge in [0.1, 0.15) is 11.4 Å². The number of unbranched alkanes of at least 4 members (excludes halogenated alkanes) is 5. The number of allylic oxidation sites excluding steroid dienone is 1. The molecule has 0 fully saturated rings. The second-order valence-corrected chi connectivity index (χ2v) is 6.10. The van der Waals surface area contributed by atoms with E-state index in [0.717, 1.165) is 24.3 Å². The van der Waals surface area contributed by atoms with Gasteiger partial charge in [0.05, 0.1) is 6.61 Å². The molecule has 0 aliphatic rings. The lowest BCUT2D eigenvalue weighted by molar-refractivity contribution is 0.104. The summed E-state index contributed by atoms with van der Waals surface area (Å²) in [5.41, 5.74) is 1.42. The van der Waals surface area contributed by atoms with Gasteiger partial charge in [0.15, 0.2) is 0 Å². The number of ether oxygens (including phenoxy) is 1. The number of rotatable bonds is 11. The van der Waals surface area contributed by atoms with Crippen LogP contribution in [0.25, 0.3) is 6.08 Å². The maximum atomic E-state index is 12.0. The lowest BCUT2D eigenvalue weighted by Crippen LogP contribution is -1.97. The molecular weight excluding hydrogens is 310 g/mol. The molecule has 3 nitrogen and oxygen atoms in total. The summed E-state index contributed by atoms with van der Waals surface area (Å²) in [6, 6.07) is 13.1. The Kier molecular flexibility index (Phi) is 8.46. The smallest absolute Gasteiger partial charge is 0.204 e. The van der Waals surface area contributed by atoms with Crippen LogP contribution in [0.15, 0.2) is 54.7 Å². The lowest BCUT2D eigenvalue weighted by atomic mass is 10.1. The standard InChI is InChI=1S/C22H27NO2/c1-2-3-4-5-6-9-18-25-20-14-11-19(12-15-20)13-16-22(24)21-10-7-8-17-23-21/h7-8,10-17H,2-6,9,18H2,1H3/b16-13+. The van der Waals surface area contributed by atoms with Crippen molar-refractivity contribution in [3.63, 3.8) is 0 Å². The van der Waals surface area contributed by atoms with Gasteiger partial charge < -0.3 is 4.74 Å². The number of carbonyl (C=O) groups is 1. The minimum absolute atomic E-state index is 0.0935. The Hall–Kier alpha value is -2.42. The molecular formula is C22H27NO2. The topological polar surface area (TPSA) is 39.2 Å². The fourth-order valence-electron chi connectivity index (χ4n) is 2.51. The maximum Gasteiger partial charge on any atom is 0.204 e. The molecule has 0 spiro atoms. The molecule has 0 N–H and O–H groups in total. The van der Waals surface area contributed by atoms with E-state index in [1.165, 1.54) is 32.1 Å². The van der Waals surface area contributed by atoms with Gasteiger partial charge in [-0.25, -0.2) is 0 Å². The summed E-state index contributed by atoms with van der Waals surface area (Å²) in [4.78, 5) is 16.0. The molecule has 2 aromatic rings. The Labute approximate surface area is 150 Å². The molecule has 0 radical (unpaired) electrons. The number of hydrogen-bond donors (Lipinski definition) is 0. The molecule has 132 valence electrons. The zero-order chi connectivity index (χ0) is 17.7. The predicted molar refractivity (Wildman–Crippen MR) is 103 cm³/mol. The summed E-state index contributed by atoms with van der Waals surface area (Å²) in [6.45, 7) is 3.00. The van der Waals surface area contributed by atoms with Gasteiger partial charge in [0, 0.05) is 6.20 Å². The third kappa shape index (κ3) is 7.34. The molecule has 2 rings (SSSR count). The minimum atomic E-state index is -0.0935. The Morgan fingerprint density at radius 3 is 2.48 bits per heavy atom. The summed E-state index contributed by atoms with van der Waals surface area (Å²) in [5.74, 6) is 0.783. The molecule has 0 atom stereocenters. The summed E-state index contributed by atoms with van der Waals surface area (Å²) < 4.78 is 5.76. The van der Waals surface area contributed by atoms with Crippen LogP contribution in [0.1, 0.15) is 61.5 Å². The average Bonchev–Trinajstić information content (AvgIpc) is 2.67. The van der Waals surface area contributed by atoms with E-state index in [0.29, 0.717) is 5.69 Å². The van der Waals surface area contributed by atoms with Crippen LogP contribution in [-0.2, 0) is 0 Å².